The van der Waals surface area contributed by atoms with Crippen molar-refractivity contribution in [3.63, 3.8) is 0 Å². The number of rotatable bonds is 1. The summed E-state index contributed by atoms with van der Waals surface area (Å²) in [5.74, 6) is 1.50. The molecular weight excluding hydrogens is 204 g/mol. The number of nitrogens with zero attached hydrogens (tertiary/aromatic N) is 3. The highest BCUT2D eigenvalue weighted by molar-refractivity contribution is 5.03. The van der Waals surface area contributed by atoms with Gasteiger partial charge >= 0.3 is 0 Å². The lowest BCUT2D eigenvalue weighted by Crippen LogP contribution is -2.44. The highest BCUT2D eigenvalue weighted by Gasteiger charge is 2.28. The van der Waals surface area contributed by atoms with Gasteiger partial charge in [0.15, 0.2) is 5.82 Å². The van der Waals surface area contributed by atoms with Crippen molar-refractivity contribution < 1.29 is 4.52 Å². The monoisotopic (exact) mass is 224 g/mol. The van der Waals surface area contributed by atoms with Crippen LogP contribution in [-0.4, -0.2) is 41.7 Å². The Hall–Kier alpha value is -0.940. The summed E-state index contributed by atoms with van der Waals surface area (Å²) >= 11 is 0. The van der Waals surface area contributed by atoms with Gasteiger partial charge in [-0.05, 0) is 7.05 Å². The minimum atomic E-state index is -0.0775. The molecule has 0 spiro atoms. The second kappa shape index (κ2) is 4.14. The van der Waals surface area contributed by atoms with E-state index in [1.807, 2.05) is 0 Å². The number of likely N-dealkylation sites (N-methyl/N-ethyl adjacent to an activating group) is 1. The van der Waals surface area contributed by atoms with Crippen molar-refractivity contribution in [3.05, 3.63) is 11.7 Å². The molecule has 1 aromatic heterocycles. The molecule has 1 aliphatic rings. The SMILES string of the molecule is CN1CCNCC1c1noc(C(C)(C)C)n1. The Balaban J connectivity index is 2.18. The lowest BCUT2D eigenvalue weighted by molar-refractivity contribution is 0.190. The highest BCUT2D eigenvalue weighted by Crippen LogP contribution is 2.23. The maximum Gasteiger partial charge on any atom is 0.232 e. The Morgan fingerprint density at radius 1 is 1.44 bits per heavy atom. The molecule has 0 bridgehead atoms. The molecule has 1 atom stereocenters. The molecule has 0 amide bonds. The van der Waals surface area contributed by atoms with Crippen LogP contribution in [0.2, 0.25) is 0 Å². The van der Waals surface area contributed by atoms with Crippen molar-refractivity contribution in [1.82, 2.24) is 20.4 Å². The summed E-state index contributed by atoms with van der Waals surface area (Å²) in [7, 11) is 2.10. The van der Waals surface area contributed by atoms with Gasteiger partial charge in [-0.3, -0.25) is 4.90 Å². The van der Waals surface area contributed by atoms with E-state index in [0.29, 0.717) is 5.89 Å². The summed E-state index contributed by atoms with van der Waals surface area (Å²) in [6.07, 6.45) is 0. The van der Waals surface area contributed by atoms with Crippen molar-refractivity contribution in [2.75, 3.05) is 26.7 Å². The molecule has 1 saturated heterocycles. The van der Waals surface area contributed by atoms with Crippen LogP contribution in [0.5, 0.6) is 0 Å². The molecule has 1 unspecified atom stereocenters. The van der Waals surface area contributed by atoms with Crippen molar-refractivity contribution in [2.24, 2.45) is 0 Å². The van der Waals surface area contributed by atoms with Crippen LogP contribution in [0.3, 0.4) is 0 Å². The van der Waals surface area contributed by atoms with E-state index in [9.17, 15) is 0 Å². The molecular formula is C11H20N4O. The van der Waals surface area contributed by atoms with Gasteiger partial charge in [-0.2, -0.15) is 4.98 Å². The van der Waals surface area contributed by atoms with Gasteiger partial charge in [0, 0.05) is 25.0 Å². The van der Waals surface area contributed by atoms with Crippen LogP contribution in [0.1, 0.15) is 38.5 Å². The zero-order valence-corrected chi connectivity index (χ0v) is 10.4. The molecule has 0 aromatic carbocycles. The zero-order chi connectivity index (χ0) is 11.8. The maximum atomic E-state index is 5.32. The summed E-state index contributed by atoms with van der Waals surface area (Å²) < 4.78 is 5.32. The Bertz CT molecular complexity index is 355. The molecule has 1 aliphatic heterocycles. The van der Waals surface area contributed by atoms with Gasteiger partial charge < -0.3 is 9.84 Å². The summed E-state index contributed by atoms with van der Waals surface area (Å²) in [6.45, 7) is 9.16. The van der Waals surface area contributed by atoms with E-state index in [1.54, 1.807) is 0 Å². The van der Waals surface area contributed by atoms with Crippen LogP contribution in [0.25, 0.3) is 0 Å². The van der Waals surface area contributed by atoms with Gasteiger partial charge in [-0.15, -0.1) is 0 Å². The summed E-state index contributed by atoms with van der Waals surface area (Å²) in [4.78, 5) is 6.75. The lowest BCUT2D eigenvalue weighted by atomic mass is 9.97. The Labute approximate surface area is 96.2 Å². The molecule has 1 N–H and O–H groups in total. The minimum Gasteiger partial charge on any atom is -0.339 e. The minimum absolute atomic E-state index is 0.0775. The molecule has 0 saturated carbocycles. The molecule has 0 radical (unpaired) electrons. The summed E-state index contributed by atoms with van der Waals surface area (Å²) in [6, 6.07) is 0.230. The van der Waals surface area contributed by atoms with E-state index in [0.717, 1.165) is 25.5 Å². The standard InChI is InChI=1S/C11H20N4O/c1-11(2,3)10-13-9(14-16-10)8-7-12-5-6-15(8)4/h8,12H,5-7H2,1-4H3. The van der Waals surface area contributed by atoms with Gasteiger partial charge in [0.05, 0.1) is 6.04 Å². The fraction of sp³-hybridized carbons (Fsp3) is 0.818. The number of hydrogen-bond donors (Lipinski definition) is 1. The average molecular weight is 224 g/mol. The third-order valence-corrected chi connectivity index (χ3v) is 2.89. The largest absolute Gasteiger partial charge is 0.339 e. The lowest BCUT2D eigenvalue weighted by Gasteiger charge is -2.30. The Morgan fingerprint density at radius 3 is 2.75 bits per heavy atom. The van der Waals surface area contributed by atoms with E-state index < -0.39 is 0 Å². The quantitative estimate of drug-likeness (QED) is 0.769. The van der Waals surface area contributed by atoms with Crippen molar-refractivity contribution in [2.45, 2.75) is 32.2 Å². The van der Waals surface area contributed by atoms with E-state index in [4.69, 9.17) is 4.52 Å². The van der Waals surface area contributed by atoms with Gasteiger partial charge in [0.25, 0.3) is 0 Å². The van der Waals surface area contributed by atoms with Gasteiger partial charge in [0.1, 0.15) is 0 Å². The smallest absolute Gasteiger partial charge is 0.232 e. The van der Waals surface area contributed by atoms with Gasteiger partial charge in [0.2, 0.25) is 5.89 Å². The van der Waals surface area contributed by atoms with Crippen LogP contribution in [0.15, 0.2) is 4.52 Å². The van der Waals surface area contributed by atoms with Gasteiger partial charge in [-0.1, -0.05) is 25.9 Å². The van der Waals surface area contributed by atoms with Crippen LogP contribution >= 0.6 is 0 Å². The van der Waals surface area contributed by atoms with Crippen molar-refractivity contribution in [3.8, 4) is 0 Å². The molecule has 2 heterocycles. The molecule has 90 valence electrons. The number of piperazine rings is 1. The van der Waals surface area contributed by atoms with E-state index >= 15 is 0 Å². The fourth-order valence-electron chi connectivity index (χ4n) is 1.77. The van der Waals surface area contributed by atoms with Crippen molar-refractivity contribution >= 4 is 0 Å². The first-order chi connectivity index (χ1) is 7.48. The number of nitrogens with one attached hydrogen (secondary N) is 1. The van der Waals surface area contributed by atoms with Gasteiger partial charge in [-0.25, -0.2) is 0 Å². The average Bonchev–Trinajstić information content (AvgIpc) is 2.66. The third kappa shape index (κ3) is 2.25. The topological polar surface area (TPSA) is 54.2 Å². The summed E-state index contributed by atoms with van der Waals surface area (Å²) in [5, 5.41) is 7.44. The second-order valence-electron chi connectivity index (χ2n) is 5.41. The molecule has 1 aromatic rings. The van der Waals surface area contributed by atoms with Crippen LogP contribution in [0, 0.1) is 0 Å². The number of hydrogen-bond acceptors (Lipinski definition) is 5. The summed E-state index contributed by atoms with van der Waals surface area (Å²) in [5.41, 5.74) is -0.0775. The molecule has 5 nitrogen and oxygen atoms in total. The highest BCUT2D eigenvalue weighted by atomic mass is 16.5. The van der Waals surface area contributed by atoms with Crippen LogP contribution < -0.4 is 5.32 Å². The molecule has 0 aliphatic carbocycles. The molecule has 16 heavy (non-hydrogen) atoms. The van der Waals surface area contributed by atoms with E-state index in [2.05, 4.69) is 48.2 Å². The van der Waals surface area contributed by atoms with Crippen LogP contribution in [-0.2, 0) is 5.41 Å². The first-order valence-corrected chi connectivity index (χ1v) is 5.73. The first-order valence-electron chi connectivity index (χ1n) is 5.73. The third-order valence-electron chi connectivity index (χ3n) is 2.89. The molecule has 2 rings (SSSR count). The predicted molar refractivity (Wildman–Crippen MR) is 61.2 cm³/mol. The van der Waals surface area contributed by atoms with Crippen LogP contribution in [0.4, 0.5) is 0 Å². The van der Waals surface area contributed by atoms with Crippen molar-refractivity contribution in [1.29, 1.82) is 0 Å². The molecule has 1 fully saturated rings. The molecule has 5 heteroatoms. The fourth-order valence-corrected chi connectivity index (χ4v) is 1.77. The second-order valence-corrected chi connectivity index (χ2v) is 5.41. The maximum absolute atomic E-state index is 5.32. The number of aromatic nitrogens is 2. The predicted octanol–water partition coefficient (Wildman–Crippen LogP) is 0.943. The Kier molecular flexibility index (Phi) is 2.99. The first kappa shape index (κ1) is 11.5. The zero-order valence-electron chi connectivity index (χ0n) is 10.4. The Morgan fingerprint density at radius 2 is 2.19 bits per heavy atom. The normalized spacial score (nSPS) is 23.6. The van der Waals surface area contributed by atoms with E-state index in [-0.39, 0.29) is 11.5 Å². The van der Waals surface area contributed by atoms with E-state index in [1.165, 1.54) is 0 Å².